The number of aldehydes is 1. The van der Waals surface area contributed by atoms with Crippen LogP contribution in [-0.2, 0) is 9.53 Å². The molecule has 0 heterocycles. The van der Waals surface area contributed by atoms with E-state index in [0.717, 1.165) is 23.9 Å². The minimum atomic E-state index is -0.333. The predicted molar refractivity (Wildman–Crippen MR) is 103 cm³/mol. The van der Waals surface area contributed by atoms with Gasteiger partial charge in [0.1, 0.15) is 12.1 Å². The lowest BCUT2D eigenvalue weighted by Crippen LogP contribution is -2.33. The number of nitrogens with two attached hydrogens (primary N) is 1. The third kappa shape index (κ3) is 8.16. The second kappa shape index (κ2) is 12.5. The minimum absolute atomic E-state index is 0.0825. The summed E-state index contributed by atoms with van der Waals surface area (Å²) in [4.78, 5) is 12.8. The van der Waals surface area contributed by atoms with Crippen molar-refractivity contribution in [2.75, 3.05) is 20.3 Å². The van der Waals surface area contributed by atoms with Crippen LogP contribution in [0.5, 0.6) is 0 Å². The molecule has 0 aliphatic rings. The van der Waals surface area contributed by atoms with Crippen LogP contribution in [0.25, 0.3) is 0 Å². The molecule has 0 radical (unpaired) electrons. The second-order valence-electron chi connectivity index (χ2n) is 5.99. The summed E-state index contributed by atoms with van der Waals surface area (Å²) in [5, 5.41) is 0. The fourth-order valence-electron chi connectivity index (χ4n) is 2.40. The SMILES string of the molecule is C=C(N)N(C)C(CC)CC(/C=C(F)\C(=C/C)COCC)=C(/C)CC=O. The van der Waals surface area contributed by atoms with Gasteiger partial charge in [0.15, 0.2) is 0 Å². The molecule has 1 atom stereocenters. The minimum Gasteiger partial charge on any atom is -0.386 e. The smallest absolute Gasteiger partial charge is 0.128 e. The molecule has 4 nitrogen and oxygen atoms in total. The molecule has 0 aromatic carbocycles. The lowest BCUT2D eigenvalue weighted by atomic mass is 9.96. The largest absolute Gasteiger partial charge is 0.386 e. The summed E-state index contributed by atoms with van der Waals surface area (Å²) in [6.45, 7) is 12.1. The molecule has 0 rings (SSSR count). The van der Waals surface area contributed by atoms with Gasteiger partial charge in [0.2, 0.25) is 0 Å². The first-order chi connectivity index (χ1) is 11.8. The average Bonchev–Trinajstić information content (AvgIpc) is 2.58. The Kier molecular flexibility index (Phi) is 11.5. The molecule has 142 valence electrons. The number of halogens is 1. The van der Waals surface area contributed by atoms with E-state index in [0.29, 0.717) is 24.4 Å². The Balaban J connectivity index is 5.65. The highest BCUT2D eigenvalue weighted by molar-refractivity contribution is 5.55. The zero-order chi connectivity index (χ0) is 19.4. The van der Waals surface area contributed by atoms with E-state index in [1.54, 1.807) is 13.0 Å². The monoisotopic (exact) mass is 352 g/mol. The molecule has 2 N–H and O–H groups in total. The van der Waals surface area contributed by atoms with Gasteiger partial charge >= 0.3 is 0 Å². The Morgan fingerprint density at radius 2 is 2.04 bits per heavy atom. The lowest BCUT2D eigenvalue weighted by molar-refractivity contribution is -0.107. The van der Waals surface area contributed by atoms with Gasteiger partial charge in [-0.05, 0) is 45.3 Å². The maximum Gasteiger partial charge on any atom is 0.128 e. The van der Waals surface area contributed by atoms with Gasteiger partial charge in [-0.2, -0.15) is 0 Å². The van der Waals surface area contributed by atoms with Crippen molar-refractivity contribution in [1.29, 1.82) is 0 Å². The van der Waals surface area contributed by atoms with Crippen LogP contribution in [0.4, 0.5) is 4.39 Å². The molecule has 0 bridgehead atoms. The quantitative estimate of drug-likeness (QED) is 0.421. The molecule has 1 unspecified atom stereocenters. The summed E-state index contributed by atoms with van der Waals surface area (Å²) in [6, 6.07) is 0.0825. The number of carbonyl (C=O) groups is 1. The number of allylic oxidation sites excluding steroid dienone is 3. The highest BCUT2D eigenvalue weighted by Crippen LogP contribution is 2.24. The molecule has 0 saturated carbocycles. The molecular weight excluding hydrogens is 319 g/mol. The predicted octanol–water partition coefficient (Wildman–Crippen LogP) is 4.26. The fourth-order valence-corrected chi connectivity index (χ4v) is 2.40. The van der Waals surface area contributed by atoms with Crippen LogP contribution < -0.4 is 5.73 Å². The van der Waals surface area contributed by atoms with Crippen molar-refractivity contribution < 1.29 is 13.9 Å². The first-order valence-corrected chi connectivity index (χ1v) is 8.72. The van der Waals surface area contributed by atoms with Crippen molar-refractivity contribution in [1.82, 2.24) is 4.90 Å². The Labute approximate surface area is 151 Å². The van der Waals surface area contributed by atoms with Crippen molar-refractivity contribution in [2.45, 2.75) is 53.0 Å². The van der Waals surface area contributed by atoms with Gasteiger partial charge in [0.05, 0.1) is 12.4 Å². The first kappa shape index (κ1) is 23.1. The highest BCUT2D eigenvalue weighted by Gasteiger charge is 2.16. The zero-order valence-electron chi connectivity index (χ0n) is 16.3. The molecule has 0 aromatic heterocycles. The molecule has 25 heavy (non-hydrogen) atoms. The molecule has 5 heteroatoms. The molecule has 0 saturated heterocycles. The van der Waals surface area contributed by atoms with E-state index in [1.165, 1.54) is 6.08 Å². The zero-order valence-corrected chi connectivity index (χ0v) is 16.3. The molecule has 0 amide bonds. The van der Waals surface area contributed by atoms with Crippen molar-refractivity contribution >= 4 is 6.29 Å². The van der Waals surface area contributed by atoms with E-state index in [2.05, 4.69) is 6.58 Å². The standard InChI is InChI=1S/C20H33FN2O2/c1-7-17(14-25-9-3)20(21)13-18(15(4)10-11-24)12-19(8-2)23(6)16(5)22/h7,11,13,19H,5,8-10,12,14,22H2,1-4,6H3/b17-7-,18-15+,20-13+. The van der Waals surface area contributed by atoms with Crippen LogP contribution in [0.2, 0.25) is 0 Å². The number of ether oxygens (including phenoxy) is 1. The van der Waals surface area contributed by atoms with E-state index in [-0.39, 0.29) is 24.9 Å². The number of carbonyl (C=O) groups excluding carboxylic acids is 1. The number of nitrogens with zero attached hydrogens (tertiary/aromatic N) is 1. The van der Waals surface area contributed by atoms with E-state index in [1.807, 2.05) is 32.7 Å². The van der Waals surface area contributed by atoms with Crippen LogP contribution in [-0.4, -0.2) is 37.5 Å². The number of hydrogen-bond donors (Lipinski definition) is 1. The average molecular weight is 352 g/mol. The summed E-state index contributed by atoms with van der Waals surface area (Å²) in [7, 11) is 1.87. The molecule has 0 fully saturated rings. The summed E-state index contributed by atoms with van der Waals surface area (Å²) >= 11 is 0. The summed E-state index contributed by atoms with van der Waals surface area (Å²) in [5.74, 6) is 0.134. The normalized spacial score (nSPS) is 14.8. The van der Waals surface area contributed by atoms with Gasteiger partial charge in [0, 0.05) is 31.7 Å². The summed E-state index contributed by atoms with van der Waals surface area (Å²) in [6.07, 6.45) is 5.75. The maximum absolute atomic E-state index is 14.7. The lowest BCUT2D eigenvalue weighted by Gasteiger charge is -2.29. The molecule has 0 aliphatic heterocycles. The topological polar surface area (TPSA) is 55.6 Å². The second-order valence-corrected chi connectivity index (χ2v) is 5.99. The van der Waals surface area contributed by atoms with Crippen molar-refractivity contribution in [3.8, 4) is 0 Å². The van der Waals surface area contributed by atoms with E-state index in [9.17, 15) is 9.18 Å². The van der Waals surface area contributed by atoms with E-state index >= 15 is 0 Å². The van der Waals surface area contributed by atoms with E-state index < -0.39 is 0 Å². The van der Waals surface area contributed by atoms with Crippen molar-refractivity contribution in [2.24, 2.45) is 5.73 Å². The Morgan fingerprint density at radius 1 is 1.40 bits per heavy atom. The van der Waals surface area contributed by atoms with Crippen LogP contribution in [0.1, 0.15) is 47.0 Å². The Bertz CT molecular complexity index is 536. The van der Waals surface area contributed by atoms with Gasteiger partial charge < -0.3 is 20.2 Å². The van der Waals surface area contributed by atoms with E-state index in [4.69, 9.17) is 10.5 Å². The maximum atomic E-state index is 14.7. The Hall–Kier alpha value is -1.88. The number of rotatable bonds is 12. The third-order valence-corrected chi connectivity index (χ3v) is 4.28. The molecule has 0 spiro atoms. The van der Waals surface area contributed by atoms with Crippen molar-refractivity contribution in [3.63, 3.8) is 0 Å². The Morgan fingerprint density at radius 3 is 2.48 bits per heavy atom. The molecular formula is C20H33FN2O2. The third-order valence-electron chi connectivity index (χ3n) is 4.28. The van der Waals surface area contributed by atoms with Gasteiger partial charge in [0.25, 0.3) is 0 Å². The molecule has 0 aromatic rings. The summed E-state index contributed by atoms with van der Waals surface area (Å²) < 4.78 is 20.0. The van der Waals surface area contributed by atoms with Gasteiger partial charge in [-0.25, -0.2) is 4.39 Å². The van der Waals surface area contributed by atoms with Crippen LogP contribution in [0.3, 0.4) is 0 Å². The molecule has 0 aliphatic carbocycles. The first-order valence-electron chi connectivity index (χ1n) is 8.72. The highest BCUT2D eigenvalue weighted by atomic mass is 19.1. The van der Waals surface area contributed by atoms with Gasteiger partial charge in [-0.1, -0.05) is 25.2 Å². The fraction of sp³-hybridized carbons (Fsp3) is 0.550. The van der Waals surface area contributed by atoms with Crippen molar-refractivity contribution in [3.05, 3.63) is 47.1 Å². The van der Waals surface area contributed by atoms with Crippen LogP contribution >= 0.6 is 0 Å². The number of hydrogen-bond acceptors (Lipinski definition) is 4. The van der Waals surface area contributed by atoms with Crippen LogP contribution in [0.15, 0.2) is 47.1 Å². The van der Waals surface area contributed by atoms with Gasteiger partial charge in [-0.15, -0.1) is 0 Å². The van der Waals surface area contributed by atoms with Crippen LogP contribution in [0, 0.1) is 0 Å². The summed E-state index contributed by atoms with van der Waals surface area (Å²) in [5.41, 5.74) is 7.95. The van der Waals surface area contributed by atoms with Gasteiger partial charge in [-0.3, -0.25) is 0 Å².